The first-order valence-corrected chi connectivity index (χ1v) is 27.6. The van der Waals surface area contributed by atoms with Crippen LogP contribution in [0.25, 0.3) is 21.5 Å². The monoisotopic (exact) mass is 907 g/mol. The minimum atomic E-state index is -1.80. The first-order chi connectivity index (χ1) is 30.1. The Hall–Kier alpha value is -1.72. The molecule has 4 saturated carbocycles. The smallest absolute Gasteiger partial charge is 0.397 e. The second-order valence-corrected chi connectivity index (χ2v) is 24.5. The van der Waals surface area contributed by atoms with Gasteiger partial charge in [-0.15, -0.1) is 0 Å². The van der Waals surface area contributed by atoms with Crippen LogP contribution >= 0.6 is 17.2 Å². The van der Waals surface area contributed by atoms with Crippen LogP contribution in [0.5, 0.6) is 17.2 Å². The van der Waals surface area contributed by atoms with Crippen LogP contribution in [0.2, 0.25) is 0 Å². The van der Waals surface area contributed by atoms with Gasteiger partial charge < -0.3 is 14.2 Å². The summed E-state index contributed by atoms with van der Waals surface area (Å²) in [5, 5.41) is 15.7. The van der Waals surface area contributed by atoms with Gasteiger partial charge in [0.05, 0.1) is 35.2 Å². The van der Waals surface area contributed by atoms with Crippen LogP contribution in [0.1, 0.15) is 160 Å². The number of phenolic OH excluding ortho intramolecular Hbond substituents is 1. The summed E-state index contributed by atoms with van der Waals surface area (Å²) in [5.41, 5.74) is 0. The Balaban J connectivity index is 1.26. The van der Waals surface area contributed by atoms with Crippen LogP contribution in [-0.4, -0.2) is 29.5 Å². The predicted octanol–water partition coefficient (Wildman–Crippen LogP) is 16.8. The second kappa shape index (κ2) is 21.9. The molecule has 0 aliphatic heterocycles. The molecule has 0 bridgehead atoms. The van der Waals surface area contributed by atoms with E-state index in [1.807, 2.05) is 24.3 Å². The van der Waals surface area contributed by atoms with E-state index < -0.39 is 17.2 Å². The lowest BCUT2D eigenvalue weighted by Gasteiger charge is -2.41. The Morgan fingerprint density at radius 2 is 0.730 bits per heavy atom. The summed E-state index contributed by atoms with van der Waals surface area (Å²) in [6.45, 7) is 28.0. The van der Waals surface area contributed by atoms with Crippen molar-refractivity contribution in [3.05, 3.63) is 42.5 Å². The summed E-state index contributed by atoms with van der Waals surface area (Å²) in [7, 11) is -3.60. The number of aromatic hydroxyl groups is 1. The van der Waals surface area contributed by atoms with Crippen LogP contribution in [0.15, 0.2) is 42.5 Å². The fraction of sp³-hybridized carbons (Fsp3) is 0.741. The molecule has 0 saturated heterocycles. The Bertz CT molecular complexity index is 1720. The van der Waals surface area contributed by atoms with E-state index in [4.69, 9.17) is 27.1 Å². The molecule has 3 aromatic rings. The minimum absolute atomic E-state index is 0.0481. The fourth-order valence-electron chi connectivity index (χ4n) is 12.0. The van der Waals surface area contributed by atoms with Crippen molar-refractivity contribution in [1.29, 1.82) is 0 Å². The van der Waals surface area contributed by atoms with Crippen LogP contribution < -0.4 is 9.05 Å². The molecule has 14 atom stereocenters. The van der Waals surface area contributed by atoms with E-state index in [1.165, 1.54) is 25.7 Å². The van der Waals surface area contributed by atoms with Crippen LogP contribution in [0.3, 0.4) is 0 Å². The normalized spacial score (nSPS) is 33.1. The molecule has 4 fully saturated rings. The lowest BCUT2D eigenvalue weighted by atomic mass is 9.75. The zero-order chi connectivity index (χ0) is 45.1. The Labute approximate surface area is 384 Å². The third-order valence-electron chi connectivity index (χ3n) is 16.0. The lowest BCUT2D eigenvalue weighted by molar-refractivity contribution is -0.00305. The molecule has 352 valence electrons. The topological polar surface area (TPSA) is 75.6 Å². The van der Waals surface area contributed by atoms with Gasteiger partial charge in [0.25, 0.3) is 0 Å². The van der Waals surface area contributed by atoms with E-state index in [0.29, 0.717) is 93.3 Å². The van der Waals surface area contributed by atoms with Crippen molar-refractivity contribution in [2.75, 3.05) is 0 Å². The molecule has 4 aliphatic carbocycles. The third kappa shape index (κ3) is 12.1. The van der Waals surface area contributed by atoms with Gasteiger partial charge in [0, 0.05) is 0 Å². The minimum Gasteiger partial charge on any atom is -0.506 e. The van der Waals surface area contributed by atoms with E-state index in [2.05, 4.69) is 101 Å². The van der Waals surface area contributed by atoms with Crippen molar-refractivity contribution in [1.82, 2.24) is 0 Å². The average molecular weight is 907 g/mol. The highest BCUT2D eigenvalue weighted by molar-refractivity contribution is 7.42. The lowest BCUT2D eigenvalue weighted by Crippen LogP contribution is -2.36. The van der Waals surface area contributed by atoms with Crippen molar-refractivity contribution in [3.63, 3.8) is 0 Å². The fourth-order valence-corrected chi connectivity index (χ4v) is 14.7. The molecule has 0 amide bonds. The first-order valence-electron chi connectivity index (χ1n) is 25.4. The molecular weight excluding hydrogens is 823 g/mol. The zero-order valence-corrected chi connectivity index (χ0v) is 42.8. The summed E-state index contributed by atoms with van der Waals surface area (Å²) >= 11 is 0. The van der Waals surface area contributed by atoms with Gasteiger partial charge in [-0.2, -0.15) is 0 Å². The van der Waals surface area contributed by atoms with E-state index in [-0.39, 0.29) is 30.2 Å². The van der Waals surface area contributed by atoms with Gasteiger partial charge in [0.2, 0.25) is 0 Å². The molecular formula is C54H84O7P2. The van der Waals surface area contributed by atoms with Crippen molar-refractivity contribution < 1.29 is 32.2 Å². The third-order valence-corrected chi connectivity index (χ3v) is 18.4. The van der Waals surface area contributed by atoms with Gasteiger partial charge in [0.15, 0.2) is 0 Å². The van der Waals surface area contributed by atoms with E-state index in [0.717, 1.165) is 62.1 Å². The van der Waals surface area contributed by atoms with Gasteiger partial charge in [-0.1, -0.05) is 133 Å². The van der Waals surface area contributed by atoms with Gasteiger partial charge in [-0.25, -0.2) is 0 Å². The number of phenols is 1. The van der Waals surface area contributed by atoms with E-state index in [1.54, 1.807) is 0 Å². The number of hydrogen-bond donors (Lipinski definition) is 1. The molecule has 0 radical (unpaired) electrons. The Kier molecular flexibility index (Phi) is 17.1. The number of hydrogen-bond acceptors (Lipinski definition) is 7. The molecule has 9 heteroatoms. The van der Waals surface area contributed by atoms with Crippen molar-refractivity contribution in [2.45, 2.75) is 185 Å². The second-order valence-electron chi connectivity index (χ2n) is 22.4. The van der Waals surface area contributed by atoms with Crippen LogP contribution in [0, 0.1) is 71.0 Å². The largest absolute Gasteiger partial charge is 0.506 e. The highest BCUT2D eigenvalue weighted by atomic mass is 31.2. The SMILES string of the molecule is CC(C)C1CC[C@@H](C)C[C@H]1OP(Oc1cccc2cc3cccc(OP(O[C@@H]4C[C@H](C)CCC4C(C)C)O[C@@H]4C[C@H](C)CC[C@H]4C(C)C)c3c(O)c12)O[C@@H]1C[C@H](C)CC[C@H]1C(C)C. The summed E-state index contributed by atoms with van der Waals surface area (Å²) in [4.78, 5) is 0. The molecule has 0 heterocycles. The van der Waals surface area contributed by atoms with Crippen molar-refractivity contribution in [2.24, 2.45) is 71.0 Å². The van der Waals surface area contributed by atoms with Crippen molar-refractivity contribution >= 4 is 38.7 Å². The quantitative estimate of drug-likeness (QED) is 0.113. The molecule has 4 unspecified atom stereocenters. The zero-order valence-electron chi connectivity index (χ0n) is 41.1. The highest BCUT2D eigenvalue weighted by Crippen LogP contribution is 2.56. The Morgan fingerprint density at radius 3 is 1.00 bits per heavy atom. The van der Waals surface area contributed by atoms with Crippen LogP contribution in [0.4, 0.5) is 0 Å². The maximum atomic E-state index is 12.7. The average Bonchev–Trinajstić information content (AvgIpc) is 3.20. The summed E-state index contributed by atoms with van der Waals surface area (Å²) < 4.78 is 42.8. The van der Waals surface area contributed by atoms with Gasteiger partial charge in [-0.3, -0.25) is 18.1 Å². The standard InChI is InChI=1S/C54H84O7P2/c1-32(2)42-23-19-36(9)27-48(42)58-62(59-49-28-37(10)20-24-43(49)33(3)4)56-46-17-13-15-40-31-41-16-14-18-47(53(41)54(55)52(40)46)57-63(60-50-29-38(11)21-25-44(50)34(5)6)61-51-30-39(12)22-26-45(51)35(7)8/h13-18,31-39,42-45,48-51,55H,19-30H2,1-12H3/t36-,37-,38-,39-,42+,43?,44+,45?,48-,49-,50-,51-,62?,63?/m1/s1. The van der Waals surface area contributed by atoms with E-state index >= 15 is 0 Å². The Morgan fingerprint density at radius 1 is 0.444 bits per heavy atom. The first kappa shape index (κ1) is 49.2. The summed E-state index contributed by atoms with van der Waals surface area (Å²) in [6, 6.07) is 14.2. The summed E-state index contributed by atoms with van der Waals surface area (Å²) in [5.74, 6) is 7.36. The molecule has 0 aromatic heterocycles. The van der Waals surface area contributed by atoms with Gasteiger partial charge >= 0.3 is 17.2 Å². The summed E-state index contributed by atoms with van der Waals surface area (Å²) in [6.07, 6.45) is 13.7. The molecule has 1 N–H and O–H groups in total. The molecule has 63 heavy (non-hydrogen) atoms. The molecule has 7 rings (SSSR count). The van der Waals surface area contributed by atoms with Crippen LogP contribution in [-0.2, 0) is 18.1 Å². The van der Waals surface area contributed by atoms with Gasteiger partial charge in [0.1, 0.15) is 17.2 Å². The molecule has 7 nitrogen and oxygen atoms in total. The van der Waals surface area contributed by atoms with Gasteiger partial charge in [-0.05, 0) is 151 Å². The number of rotatable bonds is 16. The molecule has 4 aliphatic rings. The predicted molar refractivity (Wildman–Crippen MR) is 263 cm³/mol. The molecule has 3 aromatic carbocycles. The number of fused-ring (bicyclic) bond motifs is 2. The highest BCUT2D eigenvalue weighted by Gasteiger charge is 2.41. The maximum Gasteiger partial charge on any atom is 0.397 e. The molecule has 0 spiro atoms. The number of benzene rings is 3. The van der Waals surface area contributed by atoms with E-state index in [9.17, 15) is 5.11 Å². The van der Waals surface area contributed by atoms with Crippen molar-refractivity contribution in [3.8, 4) is 17.2 Å². The maximum absolute atomic E-state index is 12.7.